The summed E-state index contributed by atoms with van der Waals surface area (Å²) in [5.41, 5.74) is 4.32. The molecule has 0 bridgehead atoms. The van der Waals surface area contributed by atoms with Crippen molar-refractivity contribution in [3.05, 3.63) is 52.4 Å². The van der Waals surface area contributed by atoms with Gasteiger partial charge in [-0.05, 0) is 61.4 Å². The highest BCUT2D eigenvalue weighted by molar-refractivity contribution is 7.16. The van der Waals surface area contributed by atoms with Gasteiger partial charge in [0.15, 0.2) is 0 Å². The predicted octanol–water partition coefficient (Wildman–Crippen LogP) is 7.04. The summed E-state index contributed by atoms with van der Waals surface area (Å²) in [5, 5.41) is 18.9. The summed E-state index contributed by atoms with van der Waals surface area (Å²) in [5.74, 6) is 2.26. The second kappa shape index (κ2) is 10.6. The lowest BCUT2D eigenvalue weighted by Gasteiger charge is -2.31. The van der Waals surface area contributed by atoms with E-state index in [1.807, 2.05) is 19.1 Å². The maximum Gasteiger partial charge on any atom is 0.129 e. The van der Waals surface area contributed by atoms with Gasteiger partial charge in [-0.3, -0.25) is 0 Å². The van der Waals surface area contributed by atoms with Gasteiger partial charge in [-0.1, -0.05) is 52.3 Å². The van der Waals surface area contributed by atoms with E-state index in [9.17, 15) is 5.11 Å². The van der Waals surface area contributed by atoms with E-state index in [-0.39, 0.29) is 5.75 Å². The largest absolute Gasteiger partial charge is 0.508 e. The van der Waals surface area contributed by atoms with Crippen molar-refractivity contribution in [2.45, 2.75) is 54.4 Å². The molecule has 2 rings (SSSR count). The quantitative estimate of drug-likeness (QED) is 0.266. The molecule has 1 aromatic carbocycles. The Morgan fingerprint density at radius 1 is 1.17 bits per heavy atom. The molecule has 0 saturated carbocycles. The topological polar surface area (TPSA) is 48.2 Å². The number of phenols is 1. The first-order valence-electron chi connectivity index (χ1n) is 10.6. The average molecular weight is 426 g/mol. The van der Waals surface area contributed by atoms with Crippen molar-refractivity contribution in [1.29, 1.82) is 0 Å². The first-order chi connectivity index (χ1) is 14.2. The van der Waals surface area contributed by atoms with E-state index in [0.29, 0.717) is 11.8 Å². The number of phenolic OH excluding ortho intramolecular Hbond substituents is 1. The molecular weight excluding hydrogens is 390 g/mol. The van der Waals surface area contributed by atoms with Crippen molar-refractivity contribution in [2.24, 2.45) is 22.0 Å². The fourth-order valence-electron chi connectivity index (χ4n) is 3.76. The highest BCUT2D eigenvalue weighted by Crippen LogP contribution is 2.42. The van der Waals surface area contributed by atoms with E-state index in [1.54, 1.807) is 23.5 Å². The molecule has 0 radical (unpaired) electrons. The molecule has 0 spiro atoms. The molecule has 1 N–H and O–H groups in total. The van der Waals surface area contributed by atoms with Crippen LogP contribution in [0.3, 0.4) is 0 Å². The van der Waals surface area contributed by atoms with Gasteiger partial charge in [0.1, 0.15) is 16.6 Å². The average Bonchev–Trinajstić information content (AvgIpc) is 3.02. The van der Waals surface area contributed by atoms with Gasteiger partial charge in [-0.2, -0.15) is 5.10 Å². The first-order valence-corrected chi connectivity index (χ1v) is 11.4. The minimum Gasteiger partial charge on any atom is -0.508 e. The summed E-state index contributed by atoms with van der Waals surface area (Å²) in [7, 11) is 0. The van der Waals surface area contributed by atoms with E-state index in [1.165, 1.54) is 10.4 Å². The van der Waals surface area contributed by atoms with Gasteiger partial charge in [0.25, 0.3) is 0 Å². The van der Waals surface area contributed by atoms with Crippen molar-refractivity contribution >= 4 is 34.5 Å². The molecule has 5 heteroatoms. The van der Waals surface area contributed by atoms with E-state index >= 15 is 0 Å². The summed E-state index contributed by atoms with van der Waals surface area (Å²) >= 11 is 1.77. The van der Waals surface area contributed by atoms with Crippen LogP contribution >= 0.6 is 11.3 Å². The highest BCUT2D eigenvalue weighted by atomic mass is 32.1. The van der Waals surface area contributed by atoms with Gasteiger partial charge in [-0.15, -0.1) is 16.4 Å². The van der Waals surface area contributed by atoms with Crippen LogP contribution in [-0.2, 0) is 0 Å². The predicted molar refractivity (Wildman–Crippen MR) is 133 cm³/mol. The lowest BCUT2D eigenvalue weighted by Crippen LogP contribution is -2.35. The van der Waals surface area contributed by atoms with E-state index < -0.39 is 0 Å². The van der Waals surface area contributed by atoms with Gasteiger partial charge in [0, 0.05) is 23.7 Å². The molecule has 2 atom stereocenters. The SMILES string of the molecule is C=N/N=C(/C)N(C[C@H](CC)C(C)CC)c1sc(C)c(C)c1C(=C)c1ccc(O)cc1. The van der Waals surface area contributed by atoms with Crippen molar-refractivity contribution in [2.75, 3.05) is 11.4 Å². The third-order valence-electron chi connectivity index (χ3n) is 6.13. The number of amidine groups is 1. The Morgan fingerprint density at radius 2 is 1.80 bits per heavy atom. The summed E-state index contributed by atoms with van der Waals surface area (Å²) in [6.07, 6.45) is 2.26. The zero-order chi connectivity index (χ0) is 22.4. The number of hydrogen-bond acceptors (Lipinski definition) is 4. The Hall–Kier alpha value is -2.40. The van der Waals surface area contributed by atoms with E-state index in [0.717, 1.165) is 46.9 Å². The smallest absolute Gasteiger partial charge is 0.129 e. The van der Waals surface area contributed by atoms with Crippen LogP contribution in [0.1, 0.15) is 62.1 Å². The Morgan fingerprint density at radius 3 is 2.33 bits per heavy atom. The van der Waals surface area contributed by atoms with Gasteiger partial charge < -0.3 is 10.0 Å². The van der Waals surface area contributed by atoms with Gasteiger partial charge in [0.05, 0.1) is 0 Å². The normalized spacial score (nSPS) is 13.7. The van der Waals surface area contributed by atoms with Crippen LogP contribution in [0.15, 0.2) is 41.0 Å². The standard InChI is InChI=1S/C25H35N3OS/c1-9-16(3)21(10-2)15-28(20(7)27-26-8)25-24(17(4)19(6)30-25)18(5)22-11-13-23(29)14-12-22/h11-14,16,21,29H,5,8-10,15H2,1-4,6-7H3/b27-20-/t16?,21-/m0/s1. The zero-order valence-electron chi connectivity index (χ0n) is 19.2. The molecule has 0 aliphatic heterocycles. The summed E-state index contributed by atoms with van der Waals surface area (Å²) in [4.78, 5) is 3.56. The van der Waals surface area contributed by atoms with Crippen LogP contribution in [0.2, 0.25) is 0 Å². The molecule has 4 nitrogen and oxygen atoms in total. The van der Waals surface area contributed by atoms with Crippen LogP contribution in [0, 0.1) is 25.7 Å². The molecule has 2 aromatic rings. The zero-order valence-corrected chi connectivity index (χ0v) is 20.0. The number of thiophene rings is 1. The number of benzene rings is 1. The molecular formula is C25H35N3OS. The fourth-order valence-corrected chi connectivity index (χ4v) is 5.00. The number of rotatable bonds is 9. The van der Waals surface area contributed by atoms with Crippen molar-refractivity contribution in [3.8, 4) is 5.75 Å². The summed E-state index contributed by atoms with van der Waals surface area (Å²) < 4.78 is 0. The number of aromatic hydroxyl groups is 1. The Kier molecular flexibility index (Phi) is 8.42. The van der Waals surface area contributed by atoms with Crippen molar-refractivity contribution < 1.29 is 5.11 Å². The van der Waals surface area contributed by atoms with Crippen molar-refractivity contribution in [1.82, 2.24) is 0 Å². The third kappa shape index (κ3) is 5.20. The number of nitrogens with zero attached hydrogens (tertiary/aromatic N) is 3. The Balaban J connectivity index is 2.59. The molecule has 30 heavy (non-hydrogen) atoms. The molecule has 162 valence electrons. The maximum absolute atomic E-state index is 9.68. The van der Waals surface area contributed by atoms with Crippen LogP contribution < -0.4 is 4.90 Å². The molecule has 0 aliphatic rings. The monoisotopic (exact) mass is 425 g/mol. The minimum atomic E-state index is 0.256. The minimum absolute atomic E-state index is 0.256. The van der Waals surface area contributed by atoms with Crippen molar-refractivity contribution in [3.63, 3.8) is 0 Å². The molecule has 1 heterocycles. The third-order valence-corrected chi connectivity index (χ3v) is 7.36. The second-order valence-electron chi connectivity index (χ2n) is 7.94. The van der Waals surface area contributed by atoms with E-state index in [2.05, 4.69) is 63.0 Å². The summed E-state index contributed by atoms with van der Waals surface area (Å²) in [6.45, 7) is 22.0. The molecule has 0 fully saturated rings. The molecule has 0 amide bonds. The highest BCUT2D eigenvalue weighted by Gasteiger charge is 2.26. The van der Waals surface area contributed by atoms with E-state index in [4.69, 9.17) is 0 Å². The van der Waals surface area contributed by atoms with Gasteiger partial charge in [0.2, 0.25) is 0 Å². The number of anilines is 1. The lowest BCUT2D eigenvalue weighted by atomic mass is 9.89. The summed E-state index contributed by atoms with van der Waals surface area (Å²) in [6, 6.07) is 7.24. The lowest BCUT2D eigenvalue weighted by molar-refractivity contribution is 0.347. The van der Waals surface area contributed by atoms with Crippen LogP contribution in [0.5, 0.6) is 5.75 Å². The Labute approximate surface area is 185 Å². The molecule has 0 saturated heterocycles. The maximum atomic E-state index is 9.68. The molecule has 0 aliphatic carbocycles. The van der Waals surface area contributed by atoms with Crippen LogP contribution in [0.25, 0.3) is 5.57 Å². The van der Waals surface area contributed by atoms with Crippen LogP contribution in [0.4, 0.5) is 5.00 Å². The van der Waals surface area contributed by atoms with Crippen LogP contribution in [-0.4, -0.2) is 24.2 Å². The molecule has 1 aromatic heterocycles. The fraction of sp³-hybridized carbons (Fsp3) is 0.440. The van der Waals surface area contributed by atoms with Gasteiger partial charge >= 0.3 is 0 Å². The Bertz CT molecular complexity index is 911. The second-order valence-corrected chi connectivity index (χ2v) is 9.15. The number of aryl methyl sites for hydroxylation is 1. The molecule has 1 unspecified atom stereocenters. The first kappa shape index (κ1) is 23.9. The van der Waals surface area contributed by atoms with Gasteiger partial charge in [-0.25, -0.2) is 0 Å². The number of hydrogen-bond donors (Lipinski definition) is 1.